The van der Waals surface area contributed by atoms with Crippen LogP contribution < -0.4 is 10.2 Å². The van der Waals surface area contributed by atoms with Gasteiger partial charge in [0.1, 0.15) is 11.9 Å². The average molecular weight is 377 g/mol. The van der Waals surface area contributed by atoms with Crippen LogP contribution in [0.4, 0.5) is 0 Å². The molecule has 4 rings (SSSR count). The van der Waals surface area contributed by atoms with Crippen LogP contribution in [0.5, 0.6) is 5.75 Å². The van der Waals surface area contributed by atoms with Gasteiger partial charge in [-0.3, -0.25) is 4.79 Å². The van der Waals surface area contributed by atoms with Crippen LogP contribution in [0.1, 0.15) is 34.0 Å². The first-order valence-corrected chi connectivity index (χ1v) is 9.02. The van der Waals surface area contributed by atoms with Gasteiger partial charge in [0.15, 0.2) is 0 Å². The molecule has 1 aliphatic heterocycles. The molecule has 0 bridgehead atoms. The highest BCUT2D eigenvalue weighted by Crippen LogP contribution is 2.34. The largest absolute Gasteiger partial charge is 0.485 e. The second kappa shape index (κ2) is 7.64. The standard InChI is InChI=1S/C22H17ClN2O2/c23-18-12-6-4-10-16(18)22(26)25-24-19-14-21(15-8-2-1-3-9-15)27-20-13-7-5-11-17(19)20/h1-13,21H,14H2,(H,25,26). The summed E-state index contributed by atoms with van der Waals surface area (Å²) in [6.45, 7) is 0. The number of benzene rings is 3. The fraction of sp³-hybridized carbons (Fsp3) is 0.0909. The molecule has 5 heteroatoms. The molecule has 1 amide bonds. The monoisotopic (exact) mass is 376 g/mol. The number of para-hydroxylation sites is 1. The van der Waals surface area contributed by atoms with Crippen molar-refractivity contribution in [2.75, 3.05) is 0 Å². The van der Waals surface area contributed by atoms with Crippen LogP contribution in [0.2, 0.25) is 5.02 Å². The molecule has 0 spiro atoms. The van der Waals surface area contributed by atoms with Crippen molar-refractivity contribution in [3.63, 3.8) is 0 Å². The summed E-state index contributed by atoms with van der Waals surface area (Å²) in [5.74, 6) is 0.414. The van der Waals surface area contributed by atoms with Crippen molar-refractivity contribution in [2.24, 2.45) is 5.10 Å². The summed E-state index contributed by atoms with van der Waals surface area (Å²) in [6, 6.07) is 24.6. The van der Waals surface area contributed by atoms with E-state index in [2.05, 4.69) is 10.5 Å². The molecule has 1 N–H and O–H groups in total. The van der Waals surface area contributed by atoms with E-state index in [0.717, 1.165) is 22.6 Å². The zero-order valence-corrected chi connectivity index (χ0v) is 15.2. The lowest BCUT2D eigenvalue weighted by atomic mass is 9.96. The fourth-order valence-electron chi connectivity index (χ4n) is 3.07. The van der Waals surface area contributed by atoms with E-state index in [1.807, 2.05) is 54.6 Å². The molecular formula is C22H17ClN2O2. The third kappa shape index (κ3) is 3.71. The zero-order chi connectivity index (χ0) is 18.6. The molecule has 1 atom stereocenters. The van der Waals surface area contributed by atoms with Crippen LogP contribution in [-0.4, -0.2) is 11.6 Å². The number of hydrogen-bond donors (Lipinski definition) is 1. The number of amides is 1. The maximum absolute atomic E-state index is 12.4. The van der Waals surface area contributed by atoms with Gasteiger partial charge in [0, 0.05) is 12.0 Å². The Morgan fingerprint density at radius 3 is 2.48 bits per heavy atom. The summed E-state index contributed by atoms with van der Waals surface area (Å²) in [5.41, 5.74) is 5.74. The second-order valence-electron chi connectivity index (χ2n) is 6.20. The van der Waals surface area contributed by atoms with Crippen molar-refractivity contribution in [1.29, 1.82) is 0 Å². The molecule has 0 aromatic heterocycles. The summed E-state index contributed by atoms with van der Waals surface area (Å²) in [7, 11) is 0. The lowest BCUT2D eigenvalue weighted by molar-refractivity contribution is 0.0954. The molecule has 1 aliphatic rings. The molecule has 0 fully saturated rings. The number of fused-ring (bicyclic) bond motifs is 1. The molecule has 4 nitrogen and oxygen atoms in total. The lowest BCUT2D eigenvalue weighted by Gasteiger charge is -2.27. The van der Waals surface area contributed by atoms with Gasteiger partial charge in [-0.05, 0) is 29.8 Å². The third-order valence-electron chi connectivity index (χ3n) is 4.43. The molecule has 3 aromatic carbocycles. The normalized spacial score (nSPS) is 17.1. The Bertz CT molecular complexity index is 1000. The summed E-state index contributed by atoms with van der Waals surface area (Å²) < 4.78 is 6.14. The second-order valence-corrected chi connectivity index (χ2v) is 6.60. The predicted molar refractivity (Wildman–Crippen MR) is 106 cm³/mol. The summed E-state index contributed by atoms with van der Waals surface area (Å²) in [4.78, 5) is 12.4. The summed E-state index contributed by atoms with van der Waals surface area (Å²) in [6.07, 6.45) is 0.404. The quantitative estimate of drug-likeness (QED) is 0.654. The number of hydrazone groups is 1. The van der Waals surface area contributed by atoms with E-state index in [0.29, 0.717) is 17.0 Å². The first-order chi connectivity index (χ1) is 13.2. The Labute approximate surface area is 162 Å². The molecule has 0 radical (unpaired) electrons. The van der Waals surface area contributed by atoms with Crippen LogP contribution in [0.15, 0.2) is 84.0 Å². The number of nitrogens with zero attached hydrogens (tertiary/aromatic N) is 1. The molecule has 0 saturated heterocycles. The molecule has 0 aliphatic carbocycles. The highest BCUT2D eigenvalue weighted by molar-refractivity contribution is 6.33. The molecule has 0 saturated carbocycles. The minimum atomic E-state index is -0.340. The van der Waals surface area contributed by atoms with Crippen LogP contribution in [0, 0.1) is 0 Å². The first-order valence-electron chi connectivity index (χ1n) is 8.65. The van der Waals surface area contributed by atoms with Crippen LogP contribution in [0.25, 0.3) is 0 Å². The topological polar surface area (TPSA) is 50.7 Å². The van der Waals surface area contributed by atoms with Gasteiger partial charge in [-0.2, -0.15) is 5.10 Å². The van der Waals surface area contributed by atoms with E-state index in [1.165, 1.54) is 0 Å². The van der Waals surface area contributed by atoms with Crippen molar-refractivity contribution in [3.05, 3.63) is 101 Å². The average Bonchev–Trinajstić information content (AvgIpc) is 2.72. The molecular weight excluding hydrogens is 360 g/mol. The van der Waals surface area contributed by atoms with Gasteiger partial charge in [0.2, 0.25) is 0 Å². The minimum Gasteiger partial charge on any atom is -0.485 e. The molecule has 1 heterocycles. The van der Waals surface area contributed by atoms with Gasteiger partial charge in [0.05, 0.1) is 16.3 Å². The smallest absolute Gasteiger partial charge is 0.272 e. The van der Waals surface area contributed by atoms with Crippen LogP contribution in [0.3, 0.4) is 0 Å². The van der Waals surface area contributed by atoms with E-state index < -0.39 is 0 Å². The number of halogens is 1. The Balaban J connectivity index is 1.63. The Morgan fingerprint density at radius 2 is 1.67 bits per heavy atom. The molecule has 1 unspecified atom stereocenters. The van der Waals surface area contributed by atoms with E-state index >= 15 is 0 Å². The number of ether oxygens (including phenoxy) is 1. The van der Waals surface area contributed by atoms with Gasteiger partial charge in [-0.25, -0.2) is 5.43 Å². The molecule has 27 heavy (non-hydrogen) atoms. The van der Waals surface area contributed by atoms with Gasteiger partial charge in [0.25, 0.3) is 5.91 Å². The number of carbonyl (C=O) groups excluding carboxylic acids is 1. The molecule has 134 valence electrons. The van der Waals surface area contributed by atoms with Crippen LogP contribution in [-0.2, 0) is 0 Å². The zero-order valence-electron chi connectivity index (χ0n) is 14.4. The third-order valence-corrected chi connectivity index (χ3v) is 4.76. The van der Waals surface area contributed by atoms with E-state index in [1.54, 1.807) is 24.3 Å². The maximum Gasteiger partial charge on any atom is 0.272 e. The number of nitrogens with one attached hydrogen (secondary N) is 1. The predicted octanol–water partition coefficient (Wildman–Crippen LogP) is 5.00. The van der Waals surface area contributed by atoms with Crippen molar-refractivity contribution in [2.45, 2.75) is 12.5 Å². The number of hydrogen-bond acceptors (Lipinski definition) is 3. The van der Waals surface area contributed by atoms with Crippen LogP contribution >= 0.6 is 11.6 Å². The van der Waals surface area contributed by atoms with Gasteiger partial charge < -0.3 is 4.74 Å². The summed E-state index contributed by atoms with van der Waals surface area (Å²) in [5, 5.41) is 4.79. The van der Waals surface area contributed by atoms with E-state index in [4.69, 9.17) is 16.3 Å². The highest BCUT2D eigenvalue weighted by Gasteiger charge is 2.26. The first kappa shape index (κ1) is 17.3. The highest BCUT2D eigenvalue weighted by atomic mass is 35.5. The maximum atomic E-state index is 12.4. The molecule has 3 aromatic rings. The Kier molecular flexibility index (Phi) is 4.90. The summed E-state index contributed by atoms with van der Waals surface area (Å²) >= 11 is 6.10. The van der Waals surface area contributed by atoms with Gasteiger partial charge in [-0.15, -0.1) is 0 Å². The van der Waals surface area contributed by atoms with Gasteiger partial charge >= 0.3 is 0 Å². The minimum absolute atomic E-state index is 0.155. The van der Waals surface area contributed by atoms with Crippen molar-refractivity contribution in [3.8, 4) is 5.75 Å². The number of carbonyl (C=O) groups is 1. The van der Waals surface area contributed by atoms with Crippen molar-refractivity contribution < 1.29 is 9.53 Å². The van der Waals surface area contributed by atoms with Gasteiger partial charge in [-0.1, -0.05) is 66.2 Å². The lowest BCUT2D eigenvalue weighted by Crippen LogP contribution is -2.25. The fourth-order valence-corrected chi connectivity index (χ4v) is 3.29. The van der Waals surface area contributed by atoms with E-state index in [9.17, 15) is 4.79 Å². The van der Waals surface area contributed by atoms with E-state index in [-0.39, 0.29) is 12.0 Å². The SMILES string of the molecule is O=C(NN=C1CC(c2ccccc2)Oc2ccccc21)c1ccccc1Cl. The van der Waals surface area contributed by atoms with Crippen molar-refractivity contribution >= 4 is 23.2 Å². The Hall–Kier alpha value is -3.11. The Morgan fingerprint density at radius 1 is 0.963 bits per heavy atom. The number of rotatable bonds is 3. The van der Waals surface area contributed by atoms with Crippen molar-refractivity contribution in [1.82, 2.24) is 5.43 Å².